The van der Waals surface area contributed by atoms with Crippen molar-refractivity contribution in [3.8, 4) is 11.3 Å². The Hall–Kier alpha value is -2.10. The summed E-state index contributed by atoms with van der Waals surface area (Å²) < 4.78 is 4.93. The van der Waals surface area contributed by atoms with Gasteiger partial charge in [0.05, 0.1) is 5.56 Å². The van der Waals surface area contributed by atoms with Gasteiger partial charge in [-0.25, -0.2) is 4.79 Å². The minimum atomic E-state index is -0.933. The van der Waals surface area contributed by atoms with Crippen molar-refractivity contribution in [3.63, 3.8) is 0 Å². The maximum atomic E-state index is 10.6. The number of carboxylic acid groups (broad SMARTS) is 1. The Morgan fingerprint density at radius 2 is 2.00 bits per heavy atom. The number of aryl methyl sites for hydroxylation is 1. The van der Waals surface area contributed by atoms with Crippen LogP contribution in [0.4, 0.5) is 0 Å². The van der Waals surface area contributed by atoms with Crippen molar-refractivity contribution in [1.82, 2.24) is 5.16 Å². The minimum absolute atomic E-state index is 0.263. The van der Waals surface area contributed by atoms with E-state index in [9.17, 15) is 4.79 Å². The van der Waals surface area contributed by atoms with Crippen molar-refractivity contribution >= 4 is 5.97 Å². The number of carboxylic acids is 1. The largest absolute Gasteiger partial charge is 0.478 e. The highest BCUT2D eigenvalue weighted by molar-refractivity contribution is 5.88. The second kappa shape index (κ2) is 3.57. The van der Waals surface area contributed by atoms with Gasteiger partial charge in [-0.2, -0.15) is 0 Å². The molecule has 0 radical (unpaired) electrons. The van der Waals surface area contributed by atoms with E-state index >= 15 is 0 Å². The van der Waals surface area contributed by atoms with E-state index < -0.39 is 5.97 Å². The van der Waals surface area contributed by atoms with E-state index in [1.165, 1.54) is 0 Å². The van der Waals surface area contributed by atoms with Crippen LogP contribution >= 0.6 is 0 Å². The Labute approximate surface area is 86.1 Å². The van der Waals surface area contributed by atoms with E-state index in [-0.39, 0.29) is 5.56 Å². The Kier molecular flexibility index (Phi) is 2.25. The van der Waals surface area contributed by atoms with Gasteiger partial charge in [0, 0.05) is 11.6 Å². The molecule has 0 aliphatic carbocycles. The van der Waals surface area contributed by atoms with Crippen molar-refractivity contribution < 1.29 is 14.4 Å². The summed E-state index contributed by atoms with van der Waals surface area (Å²) in [6.07, 6.45) is 0. The maximum absolute atomic E-state index is 10.6. The molecular weight excluding hydrogens is 194 g/mol. The molecule has 2 rings (SSSR count). The van der Waals surface area contributed by atoms with Crippen LogP contribution in [-0.4, -0.2) is 16.2 Å². The van der Waals surface area contributed by atoms with Crippen LogP contribution in [0, 0.1) is 6.92 Å². The molecule has 1 N–H and O–H groups in total. The fourth-order valence-corrected chi connectivity index (χ4v) is 1.29. The molecule has 1 aromatic heterocycles. The fraction of sp³-hybridized carbons (Fsp3) is 0.0909. The zero-order valence-corrected chi connectivity index (χ0v) is 8.10. The molecule has 0 aliphatic rings. The summed E-state index contributed by atoms with van der Waals surface area (Å²) in [5.74, 6) is -0.204. The second-order valence-electron chi connectivity index (χ2n) is 3.21. The molecule has 0 atom stereocenters. The van der Waals surface area contributed by atoms with Gasteiger partial charge in [-0.05, 0) is 19.1 Å². The van der Waals surface area contributed by atoms with E-state index in [0.29, 0.717) is 5.69 Å². The Balaban J connectivity index is 2.35. The second-order valence-corrected chi connectivity index (χ2v) is 3.21. The highest BCUT2D eigenvalue weighted by atomic mass is 16.5. The van der Waals surface area contributed by atoms with E-state index in [1.54, 1.807) is 30.3 Å². The third-order valence-corrected chi connectivity index (χ3v) is 2.06. The molecule has 0 fully saturated rings. The van der Waals surface area contributed by atoms with Crippen LogP contribution in [0.5, 0.6) is 0 Å². The lowest BCUT2D eigenvalue weighted by molar-refractivity contribution is 0.0697. The molecule has 0 unspecified atom stereocenters. The van der Waals surface area contributed by atoms with Crippen molar-refractivity contribution in [3.05, 3.63) is 41.7 Å². The molecule has 4 heteroatoms. The molecular formula is C11H9NO3. The SMILES string of the molecule is Cc1cc(-c2ccc(C(=O)O)cc2)no1. The zero-order valence-electron chi connectivity index (χ0n) is 8.10. The molecule has 1 aromatic carbocycles. The van der Waals surface area contributed by atoms with Crippen molar-refractivity contribution in [2.75, 3.05) is 0 Å². The standard InChI is InChI=1S/C11H9NO3/c1-7-6-10(12-15-7)8-2-4-9(5-3-8)11(13)14/h2-6H,1H3,(H,13,14). The fourth-order valence-electron chi connectivity index (χ4n) is 1.29. The Morgan fingerprint density at radius 3 is 2.47 bits per heavy atom. The van der Waals surface area contributed by atoms with Gasteiger partial charge in [-0.1, -0.05) is 17.3 Å². The summed E-state index contributed by atoms with van der Waals surface area (Å²) in [6.45, 7) is 1.81. The zero-order chi connectivity index (χ0) is 10.8. The van der Waals surface area contributed by atoms with Gasteiger partial charge >= 0.3 is 5.97 Å². The predicted octanol–water partition coefficient (Wildman–Crippen LogP) is 2.35. The number of rotatable bonds is 2. The number of aromatic carboxylic acids is 1. The lowest BCUT2D eigenvalue weighted by Crippen LogP contribution is -1.94. The first-order chi connectivity index (χ1) is 7.16. The average molecular weight is 203 g/mol. The quantitative estimate of drug-likeness (QED) is 0.813. The number of nitrogens with zero attached hydrogens (tertiary/aromatic N) is 1. The van der Waals surface area contributed by atoms with Crippen LogP contribution in [0.15, 0.2) is 34.9 Å². The van der Waals surface area contributed by atoms with Crippen molar-refractivity contribution in [1.29, 1.82) is 0 Å². The molecule has 76 valence electrons. The molecule has 4 nitrogen and oxygen atoms in total. The minimum Gasteiger partial charge on any atom is -0.478 e. The van der Waals surface area contributed by atoms with Crippen LogP contribution in [0.1, 0.15) is 16.1 Å². The molecule has 0 amide bonds. The monoisotopic (exact) mass is 203 g/mol. The highest BCUT2D eigenvalue weighted by Crippen LogP contribution is 2.19. The summed E-state index contributed by atoms with van der Waals surface area (Å²) in [6, 6.07) is 8.31. The Morgan fingerprint density at radius 1 is 1.33 bits per heavy atom. The average Bonchev–Trinajstić information content (AvgIpc) is 2.65. The number of benzene rings is 1. The third kappa shape index (κ3) is 1.88. The van der Waals surface area contributed by atoms with Gasteiger partial charge in [0.25, 0.3) is 0 Å². The van der Waals surface area contributed by atoms with E-state index in [2.05, 4.69) is 5.16 Å². The predicted molar refractivity (Wildman–Crippen MR) is 53.6 cm³/mol. The number of aromatic nitrogens is 1. The summed E-state index contributed by atoms with van der Waals surface area (Å²) in [7, 11) is 0. The summed E-state index contributed by atoms with van der Waals surface area (Å²) in [4.78, 5) is 10.6. The van der Waals surface area contributed by atoms with Gasteiger partial charge < -0.3 is 9.63 Å². The van der Waals surface area contributed by atoms with Crippen LogP contribution in [0.2, 0.25) is 0 Å². The number of carbonyl (C=O) groups is 1. The normalized spacial score (nSPS) is 10.2. The smallest absolute Gasteiger partial charge is 0.335 e. The molecule has 15 heavy (non-hydrogen) atoms. The van der Waals surface area contributed by atoms with Gasteiger partial charge in [0.2, 0.25) is 0 Å². The topological polar surface area (TPSA) is 63.3 Å². The van der Waals surface area contributed by atoms with Crippen LogP contribution < -0.4 is 0 Å². The molecule has 1 heterocycles. The van der Waals surface area contributed by atoms with E-state index in [1.807, 2.05) is 6.92 Å². The van der Waals surface area contributed by atoms with Gasteiger partial charge in [0.1, 0.15) is 11.5 Å². The van der Waals surface area contributed by atoms with Crippen LogP contribution in [0.25, 0.3) is 11.3 Å². The first-order valence-electron chi connectivity index (χ1n) is 4.44. The molecule has 0 aliphatic heterocycles. The van der Waals surface area contributed by atoms with E-state index in [0.717, 1.165) is 11.3 Å². The lowest BCUT2D eigenvalue weighted by Gasteiger charge is -1.96. The molecule has 0 saturated carbocycles. The number of hydrogen-bond donors (Lipinski definition) is 1. The first kappa shape index (κ1) is 9.45. The number of hydrogen-bond acceptors (Lipinski definition) is 3. The Bertz CT molecular complexity index is 485. The molecule has 0 saturated heterocycles. The highest BCUT2D eigenvalue weighted by Gasteiger charge is 2.05. The molecule has 2 aromatic rings. The van der Waals surface area contributed by atoms with Crippen LogP contribution in [0.3, 0.4) is 0 Å². The maximum Gasteiger partial charge on any atom is 0.335 e. The van der Waals surface area contributed by atoms with E-state index in [4.69, 9.17) is 9.63 Å². The van der Waals surface area contributed by atoms with Crippen molar-refractivity contribution in [2.45, 2.75) is 6.92 Å². The third-order valence-electron chi connectivity index (χ3n) is 2.06. The van der Waals surface area contributed by atoms with Crippen molar-refractivity contribution in [2.24, 2.45) is 0 Å². The molecule has 0 bridgehead atoms. The summed E-state index contributed by atoms with van der Waals surface area (Å²) in [5.41, 5.74) is 1.82. The molecule has 0 spiro atoms. The summed E-state index contributed by atoms with van der Waals surface area (Å²) in [5, 5.41) is 12.6. The van der Waals surface area contributed by atoms with Gasteiger partial charge in [0.15, 0.2) is 0 Å². The first-order valence-corrected chi connectivity index (χ1v) is 4.44. The van der Waals surface area contributed by atoms with Gasteiger partial charge in [-0.15, -0.1) is 0 Å². The van der Waals surface area contributed by atoms with Crippen LogP contribution in [-0.2, 0) is 0 Å². The summed E-state index contributed by atoms with van der Waals surface area (Å²) >= 11 is 0. The lowest BCUT2D eigenvalue weighted by atomic mass is 10.1. The van der Waals surface area contributed by atoms with Gasteiger partial charge in [-0.3, -0.25) is 0 Å².